The second-order valence-corrected chi connectivity index (χ2v) is 6.08. The zero-order chi connectivity index (χ0) is 17.2. The van der Waals surface area contributed by atoms with Gasteiger partial charge in [-0.3, -0.25) is 0 Å². The topological polar surface area (TPSA) is 76.0 Å². The molecule has 6 heteroatoms. The van der Waals surface area contributed by atoms with Crippen LogP contribution >= 0.6 is 0 Å². The maximum Gasteiger partial charge on any atom is 0.340 e. The quantitative estimate of drug-likeness (QED) is 0.338. The van der Waals surface area contributed by atoms with Crippen molar-refractivity contribution in [3.05, 3.63) is 82.9 Å². The number of phenolic OH excluding ortho intramolecular Hbond substituents is 2. The van der Waals surface area contributed by atoms with Crippen molar-refractivity contribution in [1.29, 1.82) is 0 Å². The van der Waals surface area contributed by atoms with Gasteiger partial charge in [0, 0.05) is 55.0 Å². The minimum absolute atomic E-state index is 0. The second kappa shape index (κ2) is 5.71. The van der Waals surface area contributed by atoms with E-state index in [-0.39, 0.29) is 37.7 Å². The van der Waals surface area contributed by atoms with Crippen molar-refractivity contribution in [2.45, 2.75) is 5.60 Å². The van der Waals surface area contributed by atoms with Gasteiger partial charge < -0.3 is 19.7 Å². The van der Waals surface area contributed by atoms with E-state index in [1.807, 2.05) is 12.1 Å². The van der Waals surface area contributed by atoms with Gasteiger partial charge in [-0.25, -0.2) is 4.79 Å². The van der Waals surface area contributed by atoms with Gasteiger partial charge in [0.15, 0.2) is 5.60 Å². The van der Waals surface area contributed by atoms with Gasteiger partial charge >= 0.3 is 5.97 Å². The third kappa shape index (κ3) is 2.09. The van der Waals surface area contributed by atoms with Gasteiger partial charge in [0.05, 0.1) is 5.56 Å². The molecular weight excluding hydrogens is 529 g/mol. The Kier molecular flexibility index (Phi) is 3.70. The number of fused-ring (bicyclic) bond motifs is 6. The molecular formula is C20H12BiO5. The van der Waals surface area contributed by atoms with Crippen LogP contribution in [0.25, 0.3) is 0 Å². The SMILES string of the molecule is O=C1OC2(c3ccc(O)cc3Oc3cc(O)ccc32)c2ccccc21.[Bi]. The van der Waals surface area contributed by atoms with Crippen LogP contribution in [-0.4, -0.2) is 42.4 Å². The van der Waals surface area contributed by atoms with E-state index in [0.717, 1.165) is 0 Å². The van der Waals surface area contributed by atoms with Gasteiger partial charge in [0.1, 0.15) is 23.0 Å². The third-order valence-corrected chi connectivity index (χ3v) is 4.68. The standard InChI is InChI=1S/C20H12O5.Bi/c21-11-5-7-15-17(9-11)24-18-10-12(22)6-8-16(18)20(15)14-4-2-1-3-13(14)19(23)25-20;/h1-10,21-22H;. The molecule has 3 aromatic carbocycles. The van der Waals surface area contributed by atoms with Crippen LogP contribution in [0.4, 0.5) is 0 Å². The molecule has 2 heterocycles. The van der Waals surface area contributed by atoms with Crippen LogP contribution < -0.4 is 4.74 Å². The molecule has 0 unspecified atom stereocenters. The molecule has 5 nitrogen and oxygen atoms in total. The molecule has 0 amide bonds. The van der Waals surface area contributed by atoms with Crippen LogP contribution in [-0.2, 0) is 10.3 Å². The van der Waals surface area contributed by atoms with E-state index >= 15 is 0 Å². The van der Waals surface area contributed by atoms with Gasteiger partial charge in [-0.05, 0) is 30.3 Å². The van der Waals surface area contributed by atoms with Crippen molar-refractivity contribution in [2.75, 3.05) is 0 Å². The van der Waals surface area contributed by atoms with Gasteiger partial charge in [0.25, 0.3) is 0 Å². The third-order valence-electron chi connectivity index (χ3n) is 4.68. The first-order chi connectivity index (χ1) is 12.1. The van der Waals surface area contributed by atoms with Crippen molar-refractivity contribution in [1.82, 2.24) is 0 Å². The number of phenols is 2. The molecule has 0 fully saturated rings. The Morgan fingerprint density at radius 1 is 0.769 bits per heavy atom. The Bertz CT molecular complexity index is 1010. The van der Waals surface area contributed by atoms with Crippen molar-refractivity contribution in [3.8, 4) is 23.0 Å². The minimum atomic E-state index is -1.17. The van der Waals surface area contributed by atoms with Crippen LogP contribution in [0.1, 0.15) is 27.0 Å². The summed E-state index contributed by atoms with van der Waals surface area (Å²) in [7, 11) is 0. The molecule has 2 aliphatic heterocycles. The molecule has 0 aromatic heterocycles. The van der Waals surface area contributed by atoms with Gasteiger partial charge in [0.2, 0.25) is 0 Å². The summed E-state index contributed by atoms with van der Waals surface area (Å²) in [6.45, 7) is 0. The zero-order valence-corrected chi connectivity index (χ0v) is 16.8. The number of hydrogen-bond donors (Lipinski definition) is 2. The van der Waals surface area contributed by atoms with E-state index in [0.29, 0.717) is 33.8 Å². The fraction of sp³-hybridized carbons (Fsp3) is 0.0500. The van der Waals surface area contributed by atoms with Crippen LogP contribution in [0, 0.1) is 0 Å². The number of aromatic hydroxyl groups is 2. The van der Waals surface area contributed by atoms with E-state index in [4.69, 9.17) is 9.47 Å². The van der Waals surface area contributed by atoms with Crippen LogP contribution in [0.15, 0.2) is 60.7 Å². The molecule has 1 spiro atoms. The normalized spacial score (nSPS) is 15.2. The predicted octanol–water partition coefficient (Wildman–Crippen LogP) is 3.29. The largest absolute Gasteiger partial charge is 0.508 e. The predicted molar refractivity (Wildman–Crippen MR) is 93.8 cm³/mol. The van der Waals surface area contributed by atoms with Crippen molar-refractivity contribution in [2.24, 2.45) is 0 Å². The van der Waals surface area contributed by atoms with Gasteiger partial charge in [-0.2, -0.15) is 0 Å². The van der Waals surface area contributed by atoms with Gasteiger partial charge in [-0.15, -0.1) is 0 Å². The molecule has 0 saturated heterocycles. The number of rotatable bonds is 0. The summed E-state index contributed by atoms with van der Waals surface area (Å²) in [5, 5.41) is 19.7. The monoisotopic (exact) mass is 541 g/mol. The van der Waals surface area contributed by atoms with E-state index < -0.39 is 11.6 Å². The number of hydrogen-bond acceptors (Lipinski definition) is 5. The molecule has 2 aliphatic rings. The Morgan fingerprint density at radius 2 is 1.35 bits per heavy atom. The molecule has 3 aromatic rings. The number of ether oxygens (including phenoxy) is 2. The molecule has 0 bridgehead atoms. The van der Waals surface area contributed by atoms with E-state index in [9.17, 15) is 15.0 Å². The molecule has 3 radical (unpaired) electrons. The van der Waals surface area contributed by atoms with Crippen LogP contribution in [0.2, 0.25) is 0 Å². The summed E-state index contributed by atoms with van der Waals surface area (Å²) < 4.78 is 11.8. The average Bonchev–Trinajstić information content (AvgIpc) is 2.88. The summed E-state index contributed by atoms with van der Waals surface area (Å²) in [6.07, 6.45) is 0. The minimum Gasteiger partial charge on any atom is -0.508 e. The first-order valence-corrected chi connectivity index (χ1v) is 7.77. The summed E-state index contributed by atoms with van der Waals surface area (Å²) in [6, 6.07) is 16.6. The zero-order valence-electron chi connectivity index (χ0n) is 13.3. The van der Waals surface area contributed by atoms with Crippen LogP contribution in [0.3, 0.4) is 0 Å². The Balaban J connectivity index is 0.00000168. The second-order valence-electron chi connectivity index (χ2n) is 6.08. The van der Waals surface area contributed by atoms with E-state index in [2.05, 4.69) is 0 Å². The maximum absolute atomic E-state index is 12.5. The van der Waals surface area contributed by atoms with Gasteiger partial charge in [-0.1, -0.05) is 18.2 Å². The number of esters is 1. The first kappa shape index (κ1) is 16.9. The van der Waals surface area contributed by atoms with Crippen molar-refractivity contribution in [3.63, 3.8) is 0 Å². The first-order valence-electron chi connectivity index (χ1n) is 7.77. The molecule has 127 valence electrons. The Hall–Kier alpha value is -2.59. The smallest absolute Gasteiger partial charge is 0.340 e. The number of benzene rings is 3. The molecule has 26 heavy (non-hydrogen) atoms. The molecule has 0 aliphatic carbocycles. The molecule has 0 atom stereocenters. The number of carbonyl (C=O) groups excluding carboxylic acids is 1. The average molecular weight is 541 g/mol. The van der Waals surface area contributed by atoms with E-state index in [1.54, 1.807) is 24.3 Å². The summed E-state index contributed by atoms with van der Waals surface area (Å²) in [4.78, 5) is 12.5. The summed E-state index contributed by atoms with van der Waals surface area (Å²) in [5.74, 6) is 0.408. The van der Waals surface area contributed by atoms with E-state index in [1.165, 1.54) is 24.3 Å². The Labute approximate surface area is 167 Å². The maximum atomic E-state index is 12.5. The van der Waals surface area contributed by atoms with Crippen LogP contribution in [0.5, 0.6) is 23.0 Å². The summed E-state index contributed by atoms with van der Waals surface area (Å²) >= 11 is 0. The molecule has 2 N–H and O–H groups in total. The molecule has 5 rings (SSSR count). The fourth-order valence-electron chi connectivity index (χ4n) is 3.65. The van der Waals surface area contributed by atoms with Crippen molar-refractivity contribution < 1.29 is 24.5 Å². The Morgan fingerprint density at radius 3 is 1.96 bits per heavy atom. The fourth-order valence-corrected chi connectivity index (χ4v) is 3.65. The van der Waals surface area contributed by atoms with Crippen molar-refractivity contribution >= 4 is 32.2 Å². The molecule has 0 saturated carbocycles. The number of carbonyl (C=O) groups is 1. The summed E-state index contributed by atoms with van der Waals surface area (Å²) in [5.41, 5.74) is 1.28.